The van der Waals surface area contributed by atoms with Crippen molar-refractivity contribution in [3.63, 3.8) is 0 Å². The molecule has 138 valence electrons. The van der Waals surface area contributed by atoms with Crippen LogP contribution >= 0.6 is 23.1 Å². The number of aromatic nitrogens is 2. The Balaban J connectivity index is 1.65. The Hall–Kier alpha value is -2.38. The van der Waals surface area contributed by atoms with E-state index in [4.69, 9.17) is 4.74 Å². The molecule has 1 aliphatic heterocycles. The summed E-state index contributed by atoms with van der Waals surface area (Å²) in [5, 5.41) is 5.85. The van der Waals surface area contributed by atoms with Crippen molar-refractivity contribution in [2.45, 2.75) is 24.4 Å². The Morgan fingerprint density at radius 3 is 2.89 bits per heavy atom. The first-order chi connectivity index (χ1) is 13.2. The molecule has 2 aromatic heterocycles. The summed E-state index contributed by atoms with van der Waals surface area (Å²) in [5.41, 5.74) is 2.25. The van der Waals surface area contributed by atoms with E-state index in [1.54, 1.807) is 11.3 Å². The molecule has 1 N–H and O–H groups in total. The van der Waals surface area contributed by atoms with Crippen LogP contribution in [-0.4, -0.2) is 28.7 Å². The van der Waals surface area contributed by atoms with Crippen LogP contribution in [0.2, 0.25) is 0 Å². The zero-order chi connectivity index (χ0) is 18.8. The number of ether oxygens (including phenoxy) is 1. The fourth-order valence-corrected chi connectivity index (χ4v) is 4.47. The largest absolute Gasteiger partial charge is 0.493 e. The van der Waals surface area contributed by atoms with Crippen LogP contribution in [0.15, 0.2) is 46.8 Å². The molecule has 0 fully saturated rings. The lowest BCUT2D eigenvalue weighted by atomic mass is 10.00. The molecule has 0 radical (unpaired) electrons. The Labute approximate surface area is 166 Å². The zero-order valence-electron chi connectivity index (χ0n) is 15.1. The SMILES string of the molecule is CSc1nc(-c2cccs2)nc(C)c1C(=O)NC1CCOc2ccccc21. The van der Waals surface area contributed by atoms with Gasteiger partial charge in [0.05, 0.1) is 28.8 Å². The number of amides is 1. The van der Waals surface area contributed by atoms with Crippen LogP contribution in [0.4, 0.5) is 0 Å². The normalized spacial score (nSPS) is 15.7. The topological polar surface area (TPSA) is 64.1 Å². The summed E-state index contributed by atoms with van der Waals surface area (Å²) in [6.07, 6.45) is 2.67. The highest BCUT2D eigenvalue weighted by atomic mass is 32.2. The molecule has 1 amide bonds. The van der Waals surface area contributed by atoms with Gasteiger partial charge >= 0.3 is 0 Å². The van der Waals surface area contributed by atoms with Gasteiger partial charge in [0.15, 0.2) is 5.82 Å². The lowest BCUT2D eigenvalue weighted by Gasteiger charge is -2.27. The van der Waals surface area contributed by atoms with E-state index in [9.17, 15) is 4.79 Å². The fraction of sp³-hybridized carbons (Fsp3) is 0.250. The van der Waals surface area contributed by atoms with Crippen molar-refractivity contribution < 1.29 is 9.53 Å². The van der Waals surface area contributed by atoms with Crippen LogP contribution in [0.3, 0.4) is 0 Å². The number of aryl methyl sites for hydroxylation is 1. The van der Waals surface area contributed by atoms with Gasteiger partial charge < -0.3 is 10.1 Å². The quantitative estimate of drug-likeness (QED) is 0.519. The number of carbonyl (C=O) groups is 1. The molecule has 1 atom stereocenters. The summed E-state index contributed by atoms with van der Waals surface area (Å²) in [5.74, 6) is 1.36. The minimum Gasteiger partial charge on any atom is -0.493 e. The first-order valence-corrected chi connectivity index (χ1v) is 10.8. The summed E-state index contributed by atoms with van der Waals surface area (Å²) >= 11 is 3.06. The van der Waals surface area contributed by atoms with Crippen LogP contribution in [0.25, 0.3) is 10.7 Å². The van der Waals surface area contributed by atoms with Crippen LogP contribution in [0.1, 0.15) is 34.1 Å². The van der Waals surface area contributed by atoms with E-state index in [0.29, 0.717) is 28.7 Å². The highest BCUT2D eigenvalue weighted by molar-refractivity contribution is 7.98. The minimum atomic E-state index is -0.142. The van der Waals surface area contributed by atoms with E-state index in [0.717, 1.165) is 22.6 Å². The van der Waals surface area contributed by atoms with Gasteiger partial charge in [0, 0.05) is 12.0 Å². The lowest BCUT2D eigenvalue weighted by molar-refractivity contribution is 0.0920. The second-order valence-electron chi connectivity index (χ2n) is 6.20. The van der Waals surface area contributed by atoms with Crippen molar-refractivity contribution in [1.82, 2.24) is 15.3 Å². The number of thioether (sulfide) groups is 1. The van der Waals surface area contributed by atoms with E-state index >= 15 is 0 Å². The van der Waals surface area contributed by atoms with Crippen LogP contribution in [0, 0.1) is 6.92 Å². The van der Waals surface area contributed by atoms with Gasteiger partial charge in [0.1, 0.15) is 10.8 Å². The van der Waals surface area contributed by atoms with E-state index in [-0.39, 0.29) is 11.9 Å². The molecule has 0 saturated carbocycles. The molecule has 27 heavy (non-hydrogen) atoms. The second kappa shape index (κ2) is 7.70. The standard InChI is InChI=1S/C20H19N3O2S2/c1-12-17(20(26-2)23-18(21-12)16-8-5-11-27-16)19(24)22-14-9-10-25-15-7-4-3-6-13(14)15/h3-8,11,14H,9-10H2,1-2H3,(H,22,24). The molecule has 3 aromatic rings. The van der Waals surface area contributed by atoms with Gasteiger partial charge in [0.2, 0.25) is 0 Å². The molecule has 1 aliphatic rings. The van der Waals surface area contributed by atoms with Crippen molar-refractivity contribution in [3.8, 4) is 16.5 Å². The van der Waals surface area contributed by atoms with Crippen molar-refractivity contribution in [3.05, 3.63) is 58.6 Å². The summed E-state index contributed by atoms with van der Waals surface area (Å²) in [7, 11) is 0. The molecule has 0 saturated heterocycles. The Morgan fingerprint density at radius 2 is 2.11 bits per heavy atom. The predicted molar refractivity (Wildman–Crippen MR) is 109 cm³/mol. The summed E-state index contributed by atoms with van der Waals surface area (Å²) < 4.78 is 5.69. The molecule has 0 aliphatic carbocycles. The average molecular weight is 398 g/mol. The monoisotopic (exact) mass is 397 g/mol. The summed E-state index contributed by atoms with van der Waals surface area (Å²) in [4.78, 5) is 23.3. The van der Waals surface area contributed by atoms with Gasteiger partial charge in [-0.1, -0.05) is 24.3 Å². The van der Waals surface area contributed by atoms with Gasteiger partial charge in [-0.3, -0.25) is 4.79 Å². The predicted octanol–water partition coefficient (Wildman–Crippen LogP) is 4.49. The molecule has 0 bridgehead atoms. The van der Waals surface area contributed by atoms with Crippen molar-refractivity contribution >= 4 is 29.0 Å². The first-order valence-electron chi connectivity index (χ1n) is 8.66. The Morgan fingerprint density at radius 1 is 1.26 bits per heavy atom. The van der Waals surface area contributed by atoms with E-state index in [1.165, 1.54) is 11.8 Å². The maximum Gasteiger partial charge on any atom is 0.256 e. The average Bonchev–Trinajstić information content (AvgIpc) is 3.22. The van der Waals surface area contributed by atoms with Crippen LogP contribution in [-0.2, 0) is 0 Å². The molecule has 7 heteroatoms. The molecule has 3 heterocycles. The van der Waals surface area contributed by atoms with Gasteiger partial charge in [0.25, 0.3) is 5.91 Å². The van der Waals surface area contributed by atoms with Crippen LogP contribution < -0.4 is 10.1 Å². The van der Waals surface area contributed by atoms with Gasteiger partial charge in [-0.25, -0.2) is 9.97 Å². The van der Waals surface area contributed by atoms with E-state index < -0.39 is 0 Å². The number of nitrogens with zero attached hydrogens (tertiary/aromatic N) is 2. The summed E-state index contributed by atoms with van der Waals surface area (Å²) in [6.45, 7) is 2.45. The van der Waals surface area contributed by atoms with Crippen molar-refractivity contribution in [2.24, 2.45) is 0 Å². The number of hydrogen-bond acceptors (Lipinski definition) is 6. The Kier molecular flexibility index (Phi) is 5.13. The highest BCUT2D eigenvalue weighted by Gasteiger charge is 2.26. The molecule has 1 unspecified atom stereocenters. The zero-order valence-corrected chi connectivity index (χ0v) is 16.7. The Bertz CT molecular complexity index is 973. The van der Waals surface area contributed by atoms with E-state index in [1.807, 2.05) is 55.0 Å². The smallest absolute Gasteiger partial charge is 0.256 e. The third-order valence-corrected chi connectivity index (χ3v) is 6.03. The highest BCUT2D eigenvalue weighted by Crippen LogP contribution is 2.33. The number of nitrogens with one attached hydrogen (secondary N) is 1. The first kappa shape index (κ1) is 18.0. The van der Waals surface area contributed by atoms with Crippen molar-refractivity contribution in [1.29, 1.82) is 0 Å². The van der Waals surface area contributed by atoms with Gasteiger partial charge in [-0.2, -0.15) is 0 Å². The maximum absolute atomic E-state index is 13.1. The molecular formula is C20H19N3O2S2. The van der Waals surface area contributed by atoms with Crippen LogP contribution in [0.5, 0.6) is 5.75 Å². The van der Waals surface area contributed by atoms with Gasteiger partial charge in [-0.15, -0.1) is 23.1 Å². The maximum atomic E-state index is 13.1. The molecule has 4 rings (SSSR count). The molecule has 0 spiro atoms. The minimum absolute atomic E-state index is 0.0754. The number of fused-ring (bicyclic) bond motifs is 1. The fourth-order valence-electron chi connectivity index (χ4n) is 3.19. The third-order valence-electron chi connectivity index (χ3n) is 4.48. The third kappa shape index (κ3) is 3.57. The molecular weight excluding hydrogens is 378 g/mol. The second-order valence-corrected chi connectivity index (χ2v) is 7.94. The number of hydrogen-bond donors (Lipinski definition) is 1. The number of rotatable bonds is 4. The number of carbonyl (C=O) groups excluding carboxylic acids is 1. The van der Waals surface area contributed by atoms with Gasteiger partial charge in [-0.05, 0) is 30.7 Å². The summed E-state index contributed by atoms with van der Waals surface area (Å²) in [6, 6.07) is 11.7. The number of thiophene rings is 1. The molecule has 5 nitrogen and oxygen atoms in total. The molecule has 1 aromatic carbocycles. The van der Waals surface area contributed by atoms with Crippen molar-refractivity contribution in [2.75, 3.05) is 12.9 Å². The lowest BCUT2D eigenvalue weighted by Crippen LogP contribution is -2.33. The number of para-hydroxylation sites is 1. The number of benzene rings is 1. The van der Waals surface area contributed by atoms with E-state index in [2.05, 4.69) is 15.3 Å².